The van der Waals surface area contributed by atoms with Crippen molar-refractivity contribution in [3.8, 4) is 10.8 Å². The summed E-state index contributed by atoms with van der Waals surface area (Å²) in [6.45, 7) is 3.06. The monoisotopic (exact) mass is 438 g/mol. The molecule has 2 aromatic rings. The Bertz CT molecular complexity index is 862. The fourth-order valence-electron chi connectivity index (χ4n) is 2.93. The normalized spacial score (nSPS) is 15.8. The number of hydrogen-bond acceptors (Lipinski definition) is 7. The van der Waals surface area contributed by atoms with E-state index in [1.165, 1.54) is 21.8 Å². The minimum Gasteiger partial charge on any atom is -0.462 e. The summed E-state index contributed by atoms with van der Waals surface area (Å²) in [4.78, 5) is 18.4. The van der Waals surface area contributed by atoms with Crippen LogP contribution in [0.15, 0.2) is 28.5 Å². The van der Waals surface area contributed by atoms with Crippen LogP contribution in [0.5, 0.6) is 10.8 Å². The van der Waals surface area contributed by atoms with Crippen molar-refractivity contribution in [2.24, 2.45) is 0 Å². The molecule has 1 aliphatic heterocycles. The summed E-state index contributed by atoms with van der Waals surface area (Å²) in [7, 11) is 0. The number of nitrogens with one attached hydrogen (secondary N) is 1. The van der Waals surface area contributed by atoms with Gasteiger partial charge in [-0.05, 0) is 70.9 Å². The van der Waals surface area contributed by atoms with Crippen molar-refractivity contribution in [2.75, 3.05) is 13.2 Å². The highest BCUT2D eigenvalue weighted by Gasteiger charge is 2.33. The molecule has 1 aliphatic carbocycles. The molecule has 0 bridgehead atoms. The number of aromatic nitrogens is 1. The third kappa shape index (κ3) is 3.23. The second kappa shape index (κ2) is 7.11. The van der Waals surface area contributed by atoms with Gasteiger partial charge in [0.2, 0.25) is 0 Å². The lowest BCUT2D eigenvalue weighted by atomic mass is 9.93. The SMILES string of the molecule is CCOC(=O)c1sc(Oc2ccc(Br)nc2)c2c1CCC1=C2SNC1. The van der Waals surface area contributed by atoms with Gasteiger partial charge in [0.1, 0.15) is 15.2 Å². The Morgan fingerprint density at radius 2 is 2.28 bits per heavy atom. The third-order valence-corrected chi connectivity index (χ3v) is 6.58. The van der Waals surface area contributed by atoms with Gasteiger partial charge in [-0.3, -0.25) is 4.72 Å². The third-order valence-electron chi connectivity index (χ3n) is 4.03. The zero-order valence-electron chi connectivity index (χ0n) is 13.4. The molecule has 8 heteroatoms. The van der Waals surface area contributed by atoms with E-state index in [-0.39, 0.29) is 5.97 Å². The van der Waals surface area contributed by atoms with E-state index in [2.05, 4.69) is 25.6 Å². The van der Waals surface area contributed by atoms with E-state index >= 15 is 0 Å². The molecule has 2 aromatic heterocycles. The van der Waals surface area contributed by atoms with Crippen LogP contribution in [0.3, 0.4) is 0 Å². The number of nitrogens with zero attached hydrogens (tertiary/aromatic N) is 1. The largest absolute Gasteiger partial charge is 0.462 e. The zero-order chi connectivity index (χ0) is 17.4. The van der Waals surface area contributed by atoms with Gasteiger partial charge in [-0.2, -0.15) is 0 Å². The number of halogens is 1. The summed E-state index contributed by atoms with van der Waals surface area (Å²) < 4.78 is 15.4. The lowest BCUT2D eigenvalue weighted by molar-refractivity contribution is 0.0531. The summed E-state index contributed by atoms with van der Waals surface area (Å²) in [5.41, 5.74) is 3.45. The van der Waals surface area contributed by atoms with Gasteiger partial charge in [0.15, 0.2) is 5.06 Å². The van der Waals surface area contributed by atoms with E-state index in [4.69, 9.17) is 9.47 Å². The predicted octanol–water partition coefficient (Wildman–Crippen LogP) is 4.78. The standard InChI is InChI=1S/C17H15BrN2O3S2/c1-2-22-16(21)15-11-5-3-9-7-20-25-14(9)13(11)17(24-15)23-10-4-6-12(18)19-8-10/h4,6,8,20H,2-3,5,7H2,1H3. The molecule has 25 heavy (non-hydrogen) atoms. The molecule has 130 valence electrons. The van der Waals surface area contributed by atoms with Crippen LogP contribution < -0.4 is 9.46 Å². The maximum Gasteiger partial charge on any atom is 0.348 e. The summed E-state index contributed by atoms with van der Waals surface area (Å²) >= 11 is 6.30. The van der Waals surface area contributed by atoms with E-state index in [0.29, 0.717) is 17.2 Å². The van der Waals surface area contributed by atoms with Crippen LogP contribution in [0.1, 0.15) is 34.1 Å². The summed E-state index contributed by atoms with van der Waals surface area (Å²) in [6, 6.07) is 3.68. The van der Waals surface area contributed by atoms with Crippen molar-refractivity contribution in [1.82, 2.24) is 9.71 Å². The van der Waals surface area contributed by atoms with Crippen molar-refractivity contribution in [2.45, 2.75) is 19.8 Å². The Morgan fingerprint density at radius 1 is 1.40 bits per heavy atom. The molecule has 0 spiro atoms. The first-order valence-electron chi connectivity index (χ1n) is 7.91. The molecule has 0 unspecified atom stereocenters. The van der Waals surface area contributed by atoms with Crippen LogP contribution in [-0.2, 0) is 11.2 Å². The topological polar surface area (TPSA) is 60.5 Å². The van der Waals surface area contributed by atoms with E-state index in [9.17, 15) is 4.79 Å². The molecular weight excluding hydrogens is 424 g/mol. The van der Waals surface area contributed by atoms with E-state index in [1.54, 1.807) is 18.1 Å². The van der Waals surface area contributed by atoms with Gasteiger partial charge in [0.25, 0.3) is 0 Å². The minimum absolute atomic E-state index is 0.271. The van der Waals surface area contributed by atoms with Crippen molar-refractivity contribution in [1.29, 1.82) is 0 Å². The number of pyridine rings is 1. The van der Waals surface area contributed by atoms with Crippen molar-refractivity contribution >= 4 is 50.1 Å². The first kappa shape index (κ1) is 17.1. The highest BCUT2D eigenvalue weighted by atomic mass is 79.9. The van der Waals surface area contributed by atoms with E-state index in [0.717, 1.165) is 40.2 Å². The Hall–Kier alpha value is -1.35. The number of rotatable bonds is 4. The summed E-state index contributed by atoms with van der Waals surface area (Å²) in [6.07, 6.45) is 3.46. The minimum atomic E-state index is -0.271. The molecule has 0 saturated carbocycles. The fraction of sp³-hybridized carbons (Fsp3) is 0.294. The van der Waals surface area contributed by atoms with E-state index < -0.39 is 0 Å². The molecule has 0 aromatic carbocycles. The molecule has 0 saturated heterocycles. The fourth-order valence-corrected chi connectivity index (χ4v) is 5.37. The van der Waals surface area contributed by atoms with Gasteiger partial charge < -0.3 is 9.47 Å². The van der Waals surface area contributed by atoms with Crippen LogP contribution in [0.2, 0.25) is 0 Å². The van der Waals surface area contributed by atoms with E-state index in [1.807, 2.05) is 19.1 Å². The number of carbonyl (C=O) groups excluding carboxylic acids is 1. The first-order valence-corrected chi connectivity index (χ1v) is 10.3. The van der Waals surface area contributed by atoms with Gasteiger partial charge in [-0.1, -0.05) is 11.3 Å². The first-order chi connectivity index (χ1) is 12.2. The van der Waals surface area contributed by atoms with Crippen molar-refractivity contribution in [3.63, 3.8) is 0 Å². The van der Waals surface area contributed by atoms with Crippen LogP contribution in [-0.4, -0.2) is 24.1 Å². The molecule has 2 aliphatic rings. The quantitative estimate of drug-likeness (QED) is 0.420. The summed E-state index contributed by atoms with van der Waals surface area (Å²) in [5.74, 6) is 0.374. The van der Waals surface area contributed by atoms with Gasteiger partial charge >= 0.3 is 5.97 Å². The Kier molecular flexibility index (Phi) is 4.86. The van der Waals surface area contributed by atoms with Gasteiger partial charge in [0.05, 0.1) is 12.8 Å². The number of hydrogen-bond donors (Lipinski definition) is 1. The lowest BCUT2D eigenvalue weighted by Crippen LogP contribution is -2.09. The van der Waals surface area contributed by atoms with Crippen LogP contribution in [0, 0.1) is 0 Å². The van der Waals surface area contributed by atoms with Crippen LogP contribution in [0.4, 0.5) is 0 Å². The Balaban J connectivity index is 1.78. The molecule has 0 amide bonds. The van der Waals surface area contributed by atoms with Crippen LogP contribution >= 0.6 is 39.2 Å². The number of esters is 1. The van der Waals surface area contributed by atoms with Gasteiger partial charge in [-0.25, -0.2) is 9.78 Å². The average molecular weight is 439 g/mol. The molecule has 1 N–H and O–H groups in total. The molecule has 3 heterocycles. The average Bonchev–Trinajstić information content (AvgIpc) is 3.21. The second-order valence-corrected chi connectivity index (χ2v) is 8.26. The Morgan fingerprint density at radius 3 is 3.04 bits per heavy atom. The molecule has 4 rings (SSSR count). The number of carbonyl (C=O) groups is 1. The molecule has 0 radical (unpaired) electrons. The number of ether oxygens (including phenoxy) is 2. The zero-order valence-corrected chi connectivity index (χ0v) is 16.6. The summed E-state index contributed by atoms with van der Waals surface area (Å²) in [5, 5.41) is 0.727. The van der Waals surface area contributed by atoms with Gasteiger partial charge in [0, 0.05) is 17.0 Å². The highest BCUT2D eigenvalue weighted by molar-refractivity contribution is 9.10. The predicted molar refractivity (Wildman–Crippen MR) is 103 cm³/mol. The van der Waals surface area contributed by atoms with Crippen molar-refractivity contribution in [3.05, 3.63) is 44.5 Å². The molecule has 0 fully saturated rings. The number of fused-ring (bicyclic) bond motifs is 2. The molecule has 5 nitrogen and oxygen atoms in total. The van der Waals surface area contributed by atoms with Crippen LogP contribution in [0.25, 0.3) is 4.91 Å². The smallest absolute Gasteiger partial charge is 0.348 e. The van der Waals surface area contributed by atoms with Gasteiger partial charge in [-0.15, -0.1) is 0 Å². The van der Waals surface area contributed by atoms with Crippen molar-refractivity contribution < 1.29 is 14.3 Å². The molecule has 0 atom stereocenters. The Labute approximate surface area is 162 Å². The lowest BCUT2D eigenvalue weighted by Gasteiger charge is -2.16. The maximum atomic E-state index is 12.4. The second-order valence-electron chi connectivity index (χ2n) is 5.57. The highest BCUT2D eigenvalue weighted by Crippen LogP contribution is 2.51. The maximum absolute atomic E-state index is 12.4. The number of thiophene rings is 1. The molecular formula is C17H15BrN2O3S2.